The van der Waals surface area contributed by atoms with Crippen molar-refractivity contribution in [2.75, 3.05) is 45.9 Å². The summed E-state index contributed by atoms with van der Waals surface area (Å²) in [6.45, 7) is 9.84. The number of nitrogens with zero attached hydrogens (tertiary/aromatic N) is 3. The summed E-state index contributed by atoms with van der Waals surface area (Å²) < 4.78 is 5.57. The Balaban J connectivity index is 0.00000256. The minimum atomic E-state index is -0.215. The van der Waals surface area contributed by atoms with E-state index >= 15 is 0 Å². The van der Waals surface area contributed by atoms with Gasteiger partial charge in [0.1, 0.15) is 6.10 Å². The number of carbonyl (C=O) groups is 1. The first-order valence-corrected chi connectivity index (χ1v) is 11.1. The molecule has 3 fully saturated rings. The second kappa shape index (κ2) is 10.3. The van der Waals surface area contributed by atoms with Crippen LogP contribution < -0.4 is 5.32 Å². The first-order chi connectivity index (χ1) is 14.1. The van der Waals surface area contributed by atoms with Gasteiger partial charge in [0.25, 0.3) is 5.91 Å². The van der Waals surface area contributed by atoms with Crippen molar-refractivity contribution >= 4 is 35.8 Å². The molecule has 30 heavy (non-hydrogen) atoms. The Labute approximate surface area is 197 Å². The zero-order chi connectivity index (χ0) is 20.3. The molecule has 6 nitrogen and oxygen atoms in total. The Kier molecular flexibility index (Phi) is 8.01. The van der Waals surface area contributed by atoms with E-state index in [0.717, 1.165) is 64.7 Å². The smallest absolute Gasteiger partial charge is 0.251 e. The van der Waals surface area contributed by atoms with E-state index in [9.17, 15) is 4.79 Å². The van der Waals surface area contributed by atoms with Gasteiger partial charge < -0.3 is 19.9 Å². The average Bonchev–Trinajstić information content (AvgIpc) is 3.32. The molecule has 2 saturated heterocycles. The number of halogens is 1. The molecule has 0 radical (unpaired) electrons. The quantitative estimate of drug-likeness (QED) is 0.364. The molecule has 1 unspecified atom stereocenters. The molecule has 1 atom stereocenters. The molecule has 0 bridgehead atoms. The lowest BCUT2D eigenvalue weighted by atomic mass is 9.92. The molecular formula is C23H35IN4O2. The molecule has 2 heterocycles. The summed E-state index contributed by atoms with van der Waals surface area (Å²) >= 11 is 0. The molecule has 0 spiro atoms. The molecule has 0 aromatic heterocycles. The van der Waals surface area contributed by atoms with Crippen LogP contribution in [-0.2, 0) is 14.9 Å². The Morgan fingerprint density at radius 2 is 1.90 bits per heavy atom. The van der Waals surface area contributed by atoms with Crippen molar-refractivity contribution < 1.29 is 9.53 Å². The number of ether oxygens (including phenoxy) is 1. The average molecular weight is 526 g/mol. The number of nitrogens with one attached hydrogen (secondary N) is 1. The molecule has 1 saturated carbocycles. The van der Waals surface area contributed by atoms with Crippen LogP contribution in [0.2, 0.25) is 0 Å². The van der Waals surface area contributed by atoms with E-state index in [0.29, 0.717) is 0 Å². The first kappa shape index (κ1) is 23.3. The molecule has 1 amide bonds. The number of guanidine groups is 1. The molecule has 1 N–H and O–H groups in total. The lowest BCUT2D eigenvalue weighted by Gasteiger charge is -2.37. The lowest BCUT2D eigenvalue weighted by Crippen LogP contribution is -2.55. The molecule has 2 aliphatic heterocycles. The molecule has 7 heteroatoms. The maximum absolute atomic E-state index is 12.6. The Morgan fingerprint density at radius 3 is 2.50 bits per heavy atom. The topological polar surface area (TPSA) is 57.2 Å². The van der Waals surface area contributed by atoms with Crippen LogP contribution in [0.3, 0.4) is 0 Å². The maximum Gasteiger partial charge on any atom is 0.251 e. The van der Waals surface area contributed by atoms with Crippen LogP contribution in [0.4, 0.5) is 0 Å². The van der Waals surface area contributed by atoms with Crippen LogP contribution in [-0.4, -0.2) is 73.6 Å². The van der Waals surface area contributed by atoms with E-state index in [1.807, 2.05) is 4.90 Å². The van der Waals surface area contributed by atoms with E-state index in [1.165, 1.54) is 24.0 Å². The van der Waals surface area contributed by atoms with Crippen molar-refractivity contribution in [3.05, 3.63) is 35.4 Å². The van der Waals surface area contributed by atoms with Gasteiger partial charge in [-0.05, 0) is 50.7 Å². The van der Waals surface area contributed by atoms with Crippen molar-refractivity contribution in [3.63, 3.8) is 0 Å². The normalized spacial score (nSPS) is 23.1. The van der Waals surface area contributed by atoms with Crippen molar-refractivity contribution in [3.8, 4) is 0 Å². The molecule has 1 aliphatic carbocycles. The third-order valence-electron chi connectivity index (χ3n) is 6.53. The number of aryl methyl sites for hydroxylation is 1. The Hall–Kier alpha value is -1.35. The first-order valence-electron chi connectivity index (χ1n) is 11.1. The van der Waals surface area contributed by atoms with Gasteiger partial charge in [0.15, 0.2) is 5.96 Å². The van der Waals surface area contributed by atoms with Gasteiger partial charge in [-0.3, -0.25) is 9.79 Å². The SMILES string of the molecule is CCNC(=NCC1(c2ccccc2C)CC1)N1CCN(C(=O)C2CCCO2)CC1.I. The summed E-state index contributed by atoms with van der Waals surface area (Å²) in [6.07, 6.45) is 4.07. The Bertz CT molecular complexity index is 751. The molecular weight excluding hydrogens is 491 g/mol. The number of piperazine rings is 1. The van der Waals surface area contributed by atoms with Gasteiger partial charge >= 0.3 is 0 Å². The molecule has 4 rings (SSSR count). The third kappa shape index (κ3) is 5.10. The standard InChI is InChI=1S/C23H34N4O2.HI/c1-3-24-22(25-17-23(10-11-23)19-8-5-4-7-18(19)2)27-14-12-26(13-15-27)21(28)20-9-6-16-29-20;/h4-5,7-8,20H,3,6,9-17H2,1-2H3,(H,24,25);1H. The lowest BCUT2D eigenvalue weighted by molar-refractivity contribution is -0.142. The summed E-state index contributed by atoms with van der Waals surface area (Å²) in [4.78, 5) is 21.9. The summed E-state index contributed by atoms with van der Waals surface area (Å²) in [7, 11) is 0. The highest BCUT2D eigenvalue weighted by atomic mass is 127. The van der Waals surface area contributed by atoms with Crippen LogP contribution in [0.1, 0.15) is 43.7 Å². The number of carbonyl (C=O) groups excluding carboxylic acids is 1. The van der Waals surface area contributed by atoms with E-state index < -0.39 is 0 Å². The maximum atomic E-state index is 12.6. The van der Waals surface area contributed by atoms with Crippen molar-refractivity contribution in [2.24, 2.45) is 4.99 Å². The highest BCUT2D eigenvalue weighted by Gasteiger charge is 2.45. The van der Waals surface area contributed by atoms with E-state index in [1.54, 1.807) is 0 Å². The van der Waals surface area contributed by atoms with Gasteiger partial charge in [-0.1, -0.05) is 24.3 Å². The molecule has 3 aliphatic rings. The number of hydrogen-bond donors (Lipinski definition) is 1. The fraction of sp³-hybridized carbons (Fsp3) is 0.652. The highest BCUT2D eigenvalue weighted by molar-refractivity contribution is 14.0. The van der Waals surface area contributed by atoms with E-state index in [2.05, 4.69) is 48.3 Å². The largest absolute Gasteiger partial charge is 0.368 e. The fourth-order valence-electron chi connectivity index (χ4n) is 4.60. The van der Waals surface area contributed by atoms with Gasteiger partial charge in [0, 0.05) is 44.7 Å². The predicted octanol–water partition coefficient (Wildman–Crippen LogP) is 2.93. The number of benzene rings is 1. The number of hydrogen-bond acceptors (Lipinski definition) is 3. The van der Waals surface area contributed by atoms with Gasteiger partial charge in [-0.25, -0.2) is 0 Å². The summed E-state index contributed by atoms with van der Waals surface area (Å²) in [6, 6.07) is 8.72. The van der Waals surface area contributed by atoms with Crippen molar-refractivity contribution in [1.82, 2.24) is 15.1 Å². The summed E-state index contributed by atoms with van der Waals surface area (Å²) in [5.74, 6) is 1.15. The van der Waals surface area contributed by atoms with Crippen molar-refractivity contribution in [1.29, 1.82) is 0 Å². The second-order valence-electron chi connectivity index (χ2n) is 8.58. The minimum Gasteiger partial charge on any atom is -0.368 e. The van der Waals surface area contributed by atoms with Crippen LogP contribution >= 0.6 is 24.0 Å². The van der Waals surface area contributed by atoms with Crippen LogP contribution in [0.5, 0.6) is 0 Å². The van der Waals surface area contributed by atoms with Crippen LogP contribution in [0.25, 0.3) is 0 Å². The monoisotopic (exact) mass is 526 g/mol. The van der Waals surface area contributed by atoms with Crippen LogP contribution in [0.15, 0.2) is 29.3 Å². The number of aliphatic imine (C=N–C) groups is 1. The predicted molar refractivity (Wildman–Crippen MR) is 131 cm³/mol. The van der Waals surface area contributed by atoms with E-state index in [4.69, 9.17) is 9.73 Å². The van der Waals surface area contributed by atoms with Crippen molar-refractivity contribution in [2.45, 2.75) is 51.0 Å². The third-order valence-corrected chi connectivity index (χ3v) is 6.53. The zero-order valence-corrected chi connectivity index (χ0v) is 20.6. The molecule has 1 aromatic rings. The van der Waals surface area contributed by atoms with Gasteiger partial charge in [0.05, 0.1) is 6.54 Å². The van der Waals surface area contributed by atoms with Gasteiger partial charge in [0.2, 0.25) is 0 Å². The molecule has 166 valence electrons. The second-order valence-corrected chi connectivity index (χ2v) is 8.58. The highest BCUT2D eigenvalue weighted by Crippen LogP contribution is 2.49. The van der Waals surface area contributed by atoms with Gasteiger partial charge in [-0.2, -0.15) is 0 Å². The number of rotatable bonds is 5. The zero-order valence-electron chi connectivity index (χ0n) is 18.2. The number of amides is 1. The van der Waals surface area contributed by atoms with E-state index in [-0.39, 0.29) is 41.4 Å². The summed E-state index contributed by atoms with van der Waals surface area (Å²) in [5.41, 5.74) is 3.03. The van der Waals surface area contributed by atoms with Crippen LogP contribution in [0, 0.1) is 6.92 Å². The minimum absolute atomic E-state index is 0. The fourth-order valence-corrected chi connectivity index (χ4v) is 4.60. The van der Waals surface area contributed by atoms with Gasteiger partial charge in [-0.15, -0.1) is 24.0 Å². The molecule has 1 aromatic carbocycles. The Morgan fingerprint density at radius 1 is 1.20 bits per heavy atom. The summed E-state index contributed by atoms with van der Waals surface area (Å²) in [5, 5.41) is 3.47.